The number of para-hydroxylation sites is 3. The smallest absolute Gasteiger partial charge is 0.238 e. The second kappa shape index (κ2) is 12.7. The largest absolute Gasteiger partial charge is 0.455 e. The van der Waals surface area contributed by atoms with Gasteiger partial charge in [0.1, 0.15) is 11.2 Å². The Bertz CT molecular complexity index is 3470. The van der Waals surface area contributed by atoms with Gasteiger partial charge in [-0.1, -0.05) is 159 Å². The van der Waals surface area contributed by atoms with Crippen molar-refractivity contribution in [3.63, 3.8) is 0 Å². The third kappa shape index (κ3) is 5.14. The van der Waals surface area contributed by atoms with E-state index >= 15 is 0 Å². The number of rotatable bonds is 5. The van der Waals surface area contributed by atoms with Crippen molar-refractivity contribution in [1.29, 1.82) is 0 Å². The van der Waals surface area contributed by atoms with E-state index in [9.17, 15) is 0 Å². The fourth-order valence-electron chi connectivity index (χ4n) is 9.33. The molecule has 0 amide bonds. The van der Waals surface area contributed by atoms with Gasteiger partial charge in [0.15, 0.2) is 11.6 Å². The first-order valence-electron chi connectivity index (χ1n) is 20.1. The van der Waals surface area contributed by atoms with Crippen molar-refractivity contribution >= 4 is 43.7 Å². The molecule has 0 radical (unpaired) electrons. The zero-order chi connectivity index (χ0) is 39.2. The number of furan rings is 1. The van der Waals surface area contributed by atoms with E-state index in [-0.39, 0.29) is 5.41 Å². The van der Waals surface area contributed by atoms with E-state index in [0.717, 1.165) is 77.1 Å². The number of benzene rings is 8. The number of fused-ring (bicyclic) bond motifs is 9. The van der Waals surface area contributed by atoms with Crippen LogP contribution in [0.25, 0.3) is 106 Å². The third-order valence-corrected chi connectivity index (χ3v) is 12.3. The number of hydrogen-bond acceptors (Lipinski definition) is 4. The molecule has 59 heavy (non-hydrogen) atoms. The van der Waals surface area contributed by atoms with Gasteiger partial charge in [0.25, 0.3) is 0 Å². The lowest BCUT2D eigenvalue weighted by atomic mass is 9.81. The van der Waals surface area contributed by atoms with Crippen molar-refractivity contribution in [3.05, 3.63) is 193 Å². The standard InChI is InChI=1S/C54H36N4O/c1-54(2)45-30-36(38-23-14-24-42-41-22-10-12-26-49(41)59-50(38)42)27-28-39(45)43-31-44-40-21-9-11-25-47(40)58(48(44)32-46(43)54)53-56-51(34-17-7-4-8-18-34)55-52(57-53)37-20-13-19-35(29-37)33-15-5-3-6-16-33/h3-32H,1-2H3. The minimum atomic E-state index is -0.282. The summed E-state index contributed by atoms with van der Waals surface area (Å²) in [6.45, 7) is 4.69. The van der Waals surface area contributed by atoms with Gasteiger partial charge in [0.05, 0.1) is 11.0 Å². The summed E-state index contributed by atoms with van der Waals surface area (Å²) in [7, 11) is 0. The van der Waals surface area contributed by atoms with Crippen LogP contribution in [0.1, 0.15) is 25.0 Å². The summed E-state index contributed by atoms with van der Waals surface area (Å²) >= 11 is 0. The molecule has 0 saturated heterocycles. The Kier molecular flexibility index (Phi) is 7.20. The van der Waals surface area contributed by atoms with Gasteiger partial charge in [0, 0.05) is 43.7 Å². The van der Waals surface area contributed by atoms with Crippen LogP contribution in [0.15, 0.2) is 186 Å². The number of hydrogen-bond donors (Lipinski definition) is 0. The molecule has 0 N–H and O–H groups in total. The quantitative estimate of drug-likeness (QED) is 0.175. The summed E-state index contributed by atoms with van der Waals surface area (Å²) in [5.74, 6) is 1.83. The Morgan fingerprint density at radius 3 is 1.88 bits per heavy atom. The van der Waals surface area contributed by atoms with Crippen LogP contribution in [-0.2, 0) is 5.41 Å². The molecule has 278 valence electrons. The second-order valence-corrected chi connectivity index (χ2v) is 16.0. The van der Waals surface area contributed by atoms with Crippen LogP contribution >= 0.6 is 0 Å². The summed E-state index contributed by atoms with van der Waals surface area (Å²) < 4.78 is 8.72. The first-order valence-corrected chi connectivity index (χ1v) is 20.1. The number of nitrogens with zero attached hydrogens (tertiary/aromatic N) is 4. The minimum Gasteiger partial charge on any atom is -0.455 e. The highest BCUT2D eigenvalue weighted by atomic mass is 16.3. The van der Waals surface area contributed by atoms with E-state index in [4.69, 9.17) is 19.4 Å². The Morgan fingerprint density at radius 2 is 1.05 bits per heavy atom. The van der Waals surface area contributed by atoms with Gasteiger partial charge in [-0.15, -0.1) is 0 Å². The molecule has 8 aromatic carbocycles. The van der Waals surface area contributed by atoms with E-state index in [1.54, 1.807) is 0 Å². The van der Waals surface area contributed by atoms with Crippen molar-refractivity contribution in [2.45, 2.75) is 19.3 Å². The molecule has 1 aliphatic rings. The van der Waals surface area contributed by atoms with Gasteiger partial charge in [0.2, 0.25) is 5.95 Å². The molecule has 0 saturated carbocycles. The maximum absolute atomic E-state index is 6.49. The van der Waals surface area contributed by atoms with Crippen molar-refractivity contribution in [2.24, 2.45) is 0 Å². The van der Waals surface area contributed by atoms with Crippen molar-refractivity contribution < 1.29 is 4.42 Å². The van der Waals surface area contributed by atoms with Gasteiger partial charge >= 0.3 is 0 Å². The molecule has 11 aromatic rings. The molecular weight excluding hydrogens is 721 g/mol. The molecular formula is C54H36N4O. The van der Waals surface area contributed by atoms with E-state index in [1.165, 1.54) is 22.3 Å². The summed E-state index contributed by atoms with van der Waals surface area (Å²) in [6.07, 6.45) is 0. The van der Waals surface area contributed by atoms with Crippen molar-refractivity contribution in [2.75, 3.05) is 0 Å². The zero-order valence-corrected chi connectivity index (χ0v) is 32.5. The van der Waals surface area contributed by atoms with Crippen LogP contribution in [0, 0.1) is 0 Å². The average Bonchev–Trinajstić information content (AvgIpc) is 3.91. The molecule has 0 bridgehead atoms. The minimum absolute atomic E-state index is 0.282. The molecule has 3 aromatic heterocycles. The fraction of sp³-hybridized carbons (Fsp3) is 0.0556. The van der Waals surface area contributed by atoms with Gasteiger partial charge in [-0.05, 0) is 75.3 Å². The maximum atomic E-state index is 6.49. The Morgan fingerprint density at radius 1 is 0.407 bits per heavy atom. The van der Waals surface area contributed by atoms with Crippen molar-refractivity contribution in [1.82, 2.24) is 19.5 Å². The highest BCUT2D eigenvalue weighted by molar-refractivity contribution is 6.12. The maximum Gasteiger partial charge on any atom is 0.238 e. The third-order valence-electron chi connectivity index (χ3n) is 12.3. The highest BCUT2D eigenvalue weighted by Gasteiger charge is 2.37. The van der Waals surface area contributed by atoms with E-state index in [0.29, 0.717) is 17.6 Å². The zero-order valence-electron chi connectivity index (χ0n) is 32.5. The monoisotopic (exact) mass is 756 g/mol. The lowest BCUT2D eigenvalue weighted by Crippen LogP contribution is -2.15. The Hall–Kier alpha value is -7.63. The summed E-state index contributed by atoms with van der Waals surface area (Å²) in [5.41, 5.74) is 15.1. The lowest BCUT2D eigenvalue weighted by molar-refractivity contribution is 0.660. The molecule has 0 atom stereocenters. The van der Waals surface area contributed by atoms with Crippen LogP contribution in [0.5, 0.6) is 0 Å². The molecule has 5 heteroatoms. The van der Waals surface area contributed by atoms with Crippen LogP contribution in [0.4, 0.5) is 0 Å². The first kappa shape index (κ1) is 33.5. The molecule has 5 nitrogen and oxygen atoms in total. The summed E-state index contributed by atoms with van der Waals surface area (Å²) in [5, 5.41) is 4.59. The SMILES string of the molecule is CC1(C)c2cc(-c3cccc4c3oc3ccccc34)ccc2-c2cc3c4ccccc4n(-c4nc(-c5ccccc5)nc(-c5cccc(-c6ccccc6)c5)n4)c3cc21. The van der Waals surface area contributed by atoms with Gasteiger partial charge in [-0.25, -0.2) is 4.98 Å². The fourth-order valence-corrected chi connectivity index (χ4v) is 9.33. The molecule has 0 unspecified atom stereocenters. The van der Waals surface area contributed by atoms with Crippen LogP contribution < -0.4 is 0 Å². The molecule has 0 fully saturated rings. The second-order valence-electron chi connectivity index (χ2n) is 16.0. The first-order chi connectivity index (χ1) is 29.0. The highest BCUT2D eigenvalue weighted by Crippen LogP contribution is 2.52. The molecule has 3 heterocycles. The molecule has 1 aliphatic carbocycles. The van der Waals surface area contributed by atoms with E-state index < -0.39 is 0 Å². The lowest BCUT2D eigenvalue weighted by Gasteiger charge is -2.22. The predicted octanol–water partition coefficient (Wildman–Crippen LogP) is 13.8. The van der Waals surface area contributed by atoms with Crippen LogP contribution in [0.3, 0.4) is 0 Å². The van der Waals surface area contributed by atoms with Crippen LogP contribution in [0.2, 0.25) is 0 Å². The average molecular weight is 757 g/mol. The Balaban J connectivity index is 1.05. The molecule has 0 aliphatic heterocycles. The topological polar surface area (TPSA) is 56.7 Å². The summed E-state index contributed by atoms with van der Waals surface area (Å²) in [6, 6.07) is 64.2. The van der Waals surface area contributed by atoms with E-state index in [2.05, 4.69) is 164 Å². The van der Waals surface area contributed by atoms with Crippen molar-refractivity contribution in [3.8, 4) is 62.1 Å². The van der Waals surface area contributed by atoms with Crippen LogP contribution in [-0.4, -0.2) is 19.5 Å². The number of aromatic nitrogens is 4. The predicted molar refractivity (Wildman–Crippen MR) is 241 cm³/mol. The summed E-state index contributed by atoms with van der Waals surface area (Å²) in [4.78, 5) is 15.6. The van der Waals surface area contributed by atoms with Gasteiger partial charge in [-0.3, -0.25) is 4.57 Å². The van der Waals surface area contributed by atoms with Gasteiger partial charge in [-0.2, -0.15) is 9.97 Å². The van der Waals surface area contributed by atoms with Gasteiger partial charge < -0.3 is 4.42 Å². The Labute approximate surface area is 340 Å². The molecule has 0 spiro atoms. The molecule has 12 rings (SSSR count). The van der Waals surface area contributed by atoms with E-state index in [1.807, 2.05) is 36.4 Å². The normalized spacial score (nSPS) is 13.1.